The quantitative estimate of drug-likeness (QED) is 0.874. The number of methoxy groups -OCH3 is 1. The number of piperidine rings is 1. The van der Waals surface area contributed by atoms with E-state index in [-0.39, 0.29) is 5.91 Å². The summed E-state index contributed by atoms with van der Waals surface area (Å²) >= 11 is 0. The molecule has 1 aromatic heterocycles. The molecule has 0 saturated carbocycles. The fourth-order valence-electron chi connectivity index (χ4n) is 2.23. The maximum atomic E-state index is 11.0. The van der Waals surface area contributed by atoms with Gasteiger partial charge in [0, 0.05) is 32.1 Å². The molecule has 1 amide bonds. The van der Waals surface area contributed by atoms with Crippen molar-refractivity contribution in [1.82, 2.24) is 10.3 Å². The number of nitrogens with zero attached hydrogens (tertiary/aromatic N) is 2. The van der Waals surface area contributed by atoms with Gasteiger partial charge in [0.1, 0.15) is 5.82 Å². The zero-order valence-corrected chi connectivity index (χ0v) is 10.8. The van der Waals surface area contributed by atoms with E-state index in [1.54, 1.807) is 14.0 Å². The summed E-state index contributed by atoms with van der Waals surface area (Å²) in [6.45, 7) is 3.38. The van der Waals surface area contributed by atoms with Crippen LogP contribution in [0.2, 0.25) is 0 Å². The summed E-state index contributed by atoms with van der Waals surface area (Å²) < 4.78 is 5.12. The third-order valence-electron chi connectivity index (χ3n) is 3.14. The van der Waals surface area contributed by atoms with Crippen LogP contribution in [0.25, 0.3) is 0 Å². The first-order valence-corrected chi connectivity index (χ1v) is 6.22. The van der Waals surface area contributed by atoms with E-state index < -0.39 is 0 Å². The number of nitrogens with one attached hydrogen (secondary N) is 1. The van der Waals surface area contributed by atoms with Gasteiger partial charge in [-0.15, -0.1) is 0 Å². The third kappa shape index (κ3) is 3.12. The van der Waals surface area contributed by atoms with E-state index in [2.05, 4.69) is 15.2 Å². The van der Waals surface area contributed by atoms with Crippen molar-refractivity contribution in [3.8, 4) is 5.88 Å². The van der Waals surface area contributed by atoms with Crippen LogP contribution in [0.4, 0.5) is 5.82 Å². The molecule has 1 aliphatic heterocycles. The van der Waals surface area contributed by atoms with Crippen LogP contribution in [0.3, 0.4) is 0 Å². The molecule has 98 valence electrons. The number of amides is 1. The van der Waals surface area contributed by atoms with Crippen molar-refractivity contribution in [2.45, 2.75) is 25.8 Å². The number of carbonyl (C=O) groups excluding carboxylic acids is 1. The first kappa shape index (κ1) is 12.7. The number of anilines is 1. The monoisotopic (exact) mass is 249 g/mol. The Labute approximate surface area is 107 Å². The largest absolute Gasteiger partial charge is 0.481 e. The van der Waals surface area contributed by atoms with Crippen molar-refractivity contribution >= 4 is 11.7 Å². The lowest BCUT2D eigenvalue weighted by Gasteiger charge is -2.33. The summed E-state index contributed by atoms with van der Waals surface area (Å²) in [5.41, 5.74) is 0. The second-order valence-corrected chi connectivity index (χ2v) is 4.50. The summed E-state index contributed by atoms with van der Waals surface area (Å²) in [5, 5.41) is 2.97. The molecular weight excluding hydrogens is 230 g/mol. The number of rotatable bonds is 3. The number of aromatic nitrogens is 1. The molecule has 1 fully saturated rings. The summed E-state index contributed by atoms with van der Waals surface area (Å²) in [6, 6.07) is 6.07. The fourth-order valence-corrected chi connectivity index (χ4v) is 2.23. The normalized spacial score (nSPS) is 16.4. The molecule has 0 aromatic carbocycles. The molecule has 0 unspecified atom stereocenters. The Morgan fingerprint density at radius 3 is 2.78 bits per heavy atom. The number of pyridine rings is 1. The van der Waals surface area contributed by atoms with Gasteiger partial charge in [-0.25, -0.2) is 0 Å². The van der Waals surface area contributed by atoms with Gasteiger partial charge < -0.3 is 15.0 Å². The molecule has 5 heteroatoms. The molecular formula is C13H19N3O2. The molecule has 0 bridgehead atoms. The van der Waals surface area contributed by atoms with Gasteiger partial charge in [0.25, 0.3) is 0 Å². The van der Waals surface area contributed by atoms with Crippen LogP contribution < -0.4 is 15.0 Å². The van der Waals surface area contributed by atoms with E-state index in [9.17, 15) is 4.79 Å². The molecule has 1 N–H and O–H groups in total. The highest BCUT2D eigenvalue weighted by Crippen LogP contribution is 2.20. The van der Waals surface area contributed by atoms with E-state index in [1.807, 2.05) is 18.2 Å². The second kappa shape index (κ2) is 5.71. The minimum atomic E-state index is 0.0490. The Morgan fingerprint density at radius 2 is 2.17 bits per heavy atom. The van der Waals surface area contributed by atoms with Crippen LogP contribution in [0, 0.1) is 0 Å². The number of carbonyl (C=O) groups is 1. The lowest BCUT2D eigenvalue weighted by molar-refractivity contribution is -0.119. The highest BCUT2D eigenvalue weighted by atomic mass is 16.5. The van der Waals surface area contributed by atoms with Crippen molar-refractivity contribution in [2.75, 3.05) is 25.1 Å². The molecule has 1 aliphatic rings. The number of hydrogen-bond donors (Lipinski definition) is 1. The number of hydrogen-bond acceptors (Lipinski definition) is 4. The van der Waals surface area contributed by atoms with Gasteiger partial charge in [-0.05, 0) is 18.9 Å². The minimum Gasteiger partial charge on any atom is -0.481 e. The Bertz CT molecular complexity index is 414. The third-order valence-corrected chi connectivity index (χ3v) is 3.14. The van der Waals surface area contributed by atoms with Crippen molar-refractivity contribution < 1.29 is 9.53 Å². The number of ether oxygens (including phenoxy) is 1. The van der Waals surface area contributed by atoms with Gasteiger partial charge in [-0.3, -0.25) is 4.79 Å². The SMILES string of the molecule is COc1cccc(N2CCC(NC(C)=O)CC2)n1. The summed E-state index contributed by atoms with van der Waals surface area (Å²) in [5.74, 6) is 1.63. The van der Waals surface area contributed by atoms with Gasteiger partial charge >= 0.3 is 0 Å². The van der Waals surface area contributed by atoms with E-state index in [1.165, 1.54) is 0 Å². The highest BCUT2D eigenvalue weighted by Gasteiger charge is 2.20. The standard InChI is InChI=1S/C13H19N3O2/c1-10(17)14-11-6-8-16(9-7-11)12-4-3-5-13(15-12)18-2/h3-5,11H,6-9H2,1-2H3,(H,14,17). The molecule has 1 aromatic rings. The molecule has 0 radical (unpaired) electrons. The van der Waals surface area contributed by atoms with Gasteiger partial charge in [-0.1, -0.05) is 6.07 Å². The summed E-state index contributed by atoms with van der Waals surface area (Å²) in [6.07, 6.45) is 1.91. The minimum absolute atomic E-state index is 0.0490. The molecule has 0 atom stereocenters. The van der Waals surface area contributed by atoms with E-state index in [0.29, 0.717) is 11.9 Å². The average molecular weight is 249 g/mol. The lowest BCUT2D eigenvalue weighted by atomic mass is 10.1. The molecule has 1 saturated heterocycles. The zero-order chi connectivity index (χ0) is 13.0. The Hall–Kier alpha value is -1.78. The summed E-state index contributed by atoms with van der Waals surface area (Å²) in [4.78, 5) is 17.6. The van der Waals surface area contributed by atoms with Crippen molar-refractivity contribution in [3.63, 3.8) is 0 Å². The highest BCUT2D eigenvalue weighted by molar-refractivity contribution is 5.73. The Balaban J connectivity index is 1.94. The predicted molar refractivity (Wildman–Crippen MR) is 69.8 cm³/mol. The van der Waals surface area contributed by atoms with Crippen LogP contribution >= 0.6 is 0 Å². The topological polar surface area (TPSA) is 54.5 Å². The first-order chi connectivity index (χ1) is 8.69. The molecule has 2 heterocycles. The first-order valence-electron chi connectivity index (χ1n) is 6.22. The average Bonchev–Trinajstić information content (AvgIpc) is 2.39. The molecule has 0 spiro atoms. The Kier molecular flexibility index (Phi) is 4.02. The van der Waals surface area contributed by atoms with Crippen molar-refractivity contribution in [2.24, 2.45) is 0 Å². The lowest BCUT2D eigenvalue weighted by Crippen LogP contribution is -2.44. The zero-order valence-electron chi connectivity index (χ0n) is 10.8. The molecule has 5 nitrogen and oxygen atoms in total. The van der Waals surface area contributed by atoms with Gasteiger partial charge in [-0.2, -0.15) is 4.98 Å². The molecule has 2 rings (SSSR count). The van der Waals surface area contributed by atoms with Gasteiger partial charge in [0.2, 0.25) is 11.8 Å². The maximum absolute atomic E-state index is 11.0. The molecule has 18 heavy (non-hydrogen) atoms. The van der Waals surface area contributed by atoms with E-state index >= 15 is 0 Å². The van der Waals surface area contributed by atoms with E-state index in [4.69, 9.17) is 4.74 Å². The Morgan fingerprint density at radius 1 is 1.44 bits per heavy atom. The smallest absolute Gasteiger partial charge is 0.217 e. The predicted octanol–water partition coefficient (Wildman–Crippen LogP) is 1.20. The fraction of sp³-hybridized carbons (Fsp3) is 0.538. The van der Waals surface area contributed by atoms with E-state index in [0.717, 1.165) is 31.7 Å². The van der Waals surface area contributed by atoms with Gasteiger partial charge in [0.15, 0.2) is 0 Å². The van der Waals surface area contributed by atoms with Crippen LogP contribution in [-0.4, -0.2) is 37.1 Å². The van der Waals surface area contributed by atoms with Crippen LogP contribution in [-0.2, 0) is 4.79 Å². The van der Waals surface area contributed by atoms with Crippen molar-refractivity contribution in [3.05, 3.63) is 18.2 Å². The van der Waals surface area contributed by atoms with Crippen LogP contribution in [0.15, 0.2) is 18.2 Å². The van der Waals surface area contributed by atoms with Crippen molar-refractivity contribution in [1.29, 1.82) is 0 Å². The van der Waals surface area contributed by atoms with Crippen LogP contribution in [0.1, 0.15) is 19.8 Å². The van der Waals surface area contributed by atoms with Crippen LogP contribution in [0.5, 0.6) is 5.88 Å². The summed E-state index contributed by atoms with van der Waals surface area (Å²) in [7, 11) is 1.62. The van der Waals surface area contributed by atoms with Gasteiger partial charge in [0.05, 0.1) is 7.11 Å². The molecule has 0 aliphatic carbocycles. The maximum Gasteiger partial charge on any atom is 0.217 e. The second-order valence-electron chi connectivity index (χ2n) is 4.50.